The van der Waals surface area contributed by atoms with Gasteiger partial charge in [0.25, 0.3) is 0 Å². The predicted molar refractivity (Wildman–Crippen MR) is 73.5 cm³/mol. The zero-order valence-corrected chi connectivity index (χ0v) is 13.3. The Hall–Kier alpha value is -1.26. The standard InChI is InChI=1S/C14H26N2O3/c1-9-10(17)15(8)11(13(2,3)4)16(9)12(18)19-14(5,6)7/h9,11H,1-8H3/t9-,11-/m1/s1. The molecule has 1 aliphatic rings. The van der Waals surface area contributed by atoms with Gasteiger partial charge in [-0.2, -0.15) is 0 Å². The Balaban J connectivity index is 3.08. The van der Waals surface area contributed by atoms with E-state index in [1.54, 1.807) is 23.8 Å². The van der Waals surface area contributed by atoms with Gasteiger partial charge >= 0.3 is 6.09 Å². The third-order valence-corrected chi connectivity index (χ3v) is 3.13. The van der Waals surface area contributed by atoms with Crippen molar-refractivity contribution in [1.29, 1.82) is 0 Å². The SMILES string of the molecule is C[C@@H]1C(=O)N(C)[C@@H](C(C)(C)C)N1C(=O)OC(C)(C)C. The zero-order chi connectivity index (χ0) is 15.2. The highest BCUT2D eigenvalue weighted by molar-refractivity contribution is 5.89. The molecule has 0 radical (unpaired) electrons. The Morgan fingerprint density at radius 3 is 2.00 bits per heavy atom. The lowest BCUT2D eigenvalue weighted by molar-refractivity contribution is -0.129. The molecule has 1 aliphatic heterocycles. The van der Waals surface area contributed by atoms with Crippen LogP contribution in [0.1, 0.15) is 48.5 Å². The highest BCUT2D eigenvalue weighted by Crippen LogP contribution is 2.34. The van der Waals surface area contributed by atoms with Gasteiger partial charge in [0.15, 0.2) is 0 Å². The lowest BCUT2D eigenvalue weighted by atomic mass is 9.91. The van der Waals surface area contributed by atoms with Gasteiger partial charge in [-0.3, -0.25) is 9.69 Å². The monoisotopic (exact) mass is 270 g/mol. The Morgan fingerprint density at radius 1 is 1.16 bits per heavy atom. The maximum Gasteiger partial charge on any atom is 0.412 e. The number of rotatable bonds is 0. The Morgan fingerprint density at radius 2 is 1.63 bits per heavy atom. The first-order valence-electron chi connectivity index (χ1n) is 6.64. The average molecular weight is 270 g/mol. The summed E-state index contributed by atoms with van der Waals surface area (Å²) in [6, 6.07) is -0.482. The van der Waals surface area contributed by atoms with E-state index in [9.17, 15) is 9.59 Å². The first-order valence-corrected chi connectivity index (χ1v) is 6.64. The van der Waals surface area contributed by atoms with Gasteiger partial charge in [-0.15, -0.1) is 0 Å². The Kier molecular flexibility index (Phi) is 3.90. The second-order valence-electron chi connectivity index (χ2n) is 7.25. The van der Waals surface area contributed by atoms with E-state index >= 15 is 0 Å². The maximum atomic E-state index is 12.3. The highest BCUT2D eigenvalue weighted by atomic mass is 16.6. The third kappa shape index (κ3) is 3.19. The molecule has 0 N–H and O–H groups in total. The van der Waals surface area contributed by atoms with Crippen molar-refractivity contribution >= 4 is 12.0 Å². The van der Waals surface area contributed by atoms with Crippen molar-refractivity contribution in [3.8, 4) is 0 Å². The minimum absolute atomic E-state index is 0.0502. The molecule has 1 heterocycles. The number of likely N-dealkylation sites (N-methyl/N-ethyl adjacent to an activating group) is 1. The number of hydrogen-bond acceptors (Lipinski definition) is 3. The van der Waals surface area contributed by atoms with Gasteiger partial charge in [-0.1, -0.05) is 20.8 Å². The van der Waals surface area contributed by atoms with Crippen molar-refractivity contribution in [1.82, 2.24) is 9.80 Å². The Bertz CT molecular complexity index is 379. The average Bonchev–Trinajstić information content (AvgIpc) is 2.39. The molecule has 0 bridgehead atoms. The van der Waals surface area contributed by atoms with E-state index in [0.717, 1.165) is 0 Å². The summed E-state index contributed by atoms with van der Waals surface area (Å²) in [5, 5.41) is 0. The van der Waals surface area contributed by atoms with Gasteiger partial charge in [0.1, 0.15) is 17.8 Å². The molecule has 0 aromatic heterocycles. The van der Waals surface area contributed by atoms with Crippen molar-refractivity contribution in [3.05, 3.63) is 0 Å². The summed E-state index contributed by atoms with van der Waals surface area (Å²) in [4.78, 5) is 27.6. The van der Waals surface area contributed by atoms with Crippen LogP contribution >= 0.6 is 0 Å². The molecule has 1 fully saturated rings. The molecule has 2 amide bonds. The zero-order valence-electron chi connectivity index (χ0n) is 13.3. The molecule has 0 spiro atoms. The molecule has 1 saturated heterocycles. The molecule has 0 aromatic rings. The van der Waals surface area contributed by atoms with E-state index < -0.39 is 17.7 Å². The minimum Gasteiger partial charge on any atom is -0.444 e. The fourth-order valence-electron chi connectivity index (χ4n) is 2.50. The number of carbonyl (C=O) groups is 2. The molecule has 0 saturated carbocycles. The summed E-state index contributed by atoms with van der Waals surface area (Å²) < 4.78 is 5.42. The molecule has 19 heavy (non-hydrogen) atoms. The summed E-state index contributed by atoms with van der Waals surface area (Å²) in [5.74, 6) is -0.0502. The smallest absolute Gasteiger partial charge is 0.412 e. The summed E-state index contributed by atoms with van der Waals surface area (Å²) in [5.41, 5.74) is -0.796. The molecular weight excluding hydrogens is 244 g/mol. The van der Waals surface area contributed by atoms with Crippen molar-refractivity contribution < 1.29 is 14.3 Å². The number of ether oxygens (including phenoxy) is 1. The van der Waals surface area contributed by atoms with E-state index in [4.69, 9.17) is 4.74 Å². The number of hydrogen-bond donors (Lipinski definition) is 0. The van der Waals surface area contributed by atoms with Crippen molar-refractivity contribution in [2.75, 3.05) is 7.05 Å². The largest absolute Gasteiger partial charge is 0.444 e. The molecule has 5 nitrogen and oxygen atoms in total. The van der Waals surface area contributed by atoms with Crippen LogP contribution in [0.5, 0.6) is 0 Å². The van der Waals surface area contributed by atoms with E-state index in [1.807, 2.05) is 41.5 Å². The quantitative estimate of drug-likeness (QED) is 0.679. The van der Waals surface area contributed by atoms with Gasteiger partial charge in [-0.25, -0.2) is 4.79 Å². The number of carbonyl (C=O) groups excluding carboxylic acids is 2. The molecule has 5 heteroatoms. The molecular formula is C14H26N2O3. The van der Waals surface area contributed by atoms with Crippen LogP contribution < -0.4 is 0 Å². The van der Waals surface area contributed by atoms with Crippen molar-refractivity contribution in [2.45, 2.75) is 66.3 Å². The van der Waals surface area contributed by atoms with Gasteiger partial charge in [0, 0.05) is 12.5 Å². The fraction of sp³-hybridized carbons (Fsp3) is 0.857. The van der Waals surface area contributed by atoms with Gasteiger partial charge in [0.05, 0.1) is 0 Å². The summed E-state index contributed by atoms with van der Waals surface area (Å²) in [7, 11) is 1.74. The molecule has 110 valence electrons. The molecule has 0 aliphatic carbocycles. The topological polar surface area (TPSA) is 49.9 Å². The van der Waals surface area contributed by atoms with E-state index in [0.29, 0.717) is 0 Å². The first kappa shape index (κ1) is 15.8. The van der Waals surface area contributed by atoms with E-state index in [1.165, 1.54) is 0 Å². The van der Waals surface area contributed by atoms with Crippen molar-refractivity contribution in [2.24, 2.45) is 5.41 Å². The fourth-order valence-corrected chi connectivity index (χ4v) is 2.50. The second-order valence-corrected chi connectivity index (χ2v) is 7.25. The van der Waals surface area contributed by atoms with Crippen LogP contribution in [-0.2, 0) is 9.53 Å². The normalized spacial score (nSPS) is 24.9. The van der Waals surface area contributed by atoms with Crippen LogP contribution in [0.3, 0.4) is 0 Å². The Labute approximate surface area is 115 Å². The van der Waals surface area contributed by atoms with Crippen LogP contribution in [-0.4, -0.2) is 46.7 Å². The molecule has 0 unspecified atom stereocenters. The first-order chi connectivity index (χ1) is 8.36. The van der Waals surface area contributed by atoms with Crippen LogP contribution in [0.15, 0.2) is 0 Å². The van der Waals surface area contributed by atoms with Crippen LogP contribution in [0.2, 0.25) is 0 Å². The van der Waals surface area contributed by atoms with Crippen molar-refractivity contribution in [3.63, 3.8) is 0 Å². The van der Waals surface area contributed by atoms with Crippen LogP contribution in [0.25, 0.3) is 0 Å². The maximum absolute atomic E-state index is 12.3. The number of nitrogens with zero attached hydrogens (tertiary/aromatic N) is 2. The highest BCUT2D eigenvalue weighted by Gasteiger charge is 2.50. The number of amides is 2. The molecule has 2 atom stereocenters. The molecule has 1 rings (SSSR count). The summed E-state index contributed by atoms with van der Waals surface area (Å²) in [6.07, 6.45) is -0.720. The van der Waals surface area contributed by atoms with Gasteiger partial charge < -0.3 is 9.64 Å². The predicted octanol–water partition coefficient (Wildman–Crippen LogP) is 2.46. The second kappa shape index (κ2) is 4.69. The third-order valence-electron chi connectivity index (χ3n) is 3.13. The summed E-state index contributed by atoms with van der Waals surface area (Å²) >= 11 is 0. The van der Waals surface area contributed by atoms with Crippen LogP contribution in [0, 0.1) is 5.41 Å². The molecule has 0 aromatic carbocycles. The van der Waals surface area contributed by atoms with Gasteiger partial charge in [-0.05, 0) is 27.7 Å². The van der Waals surface area contributed by atoms with Crippen LogP contribution in [0.4, 0.5) is 4.79 Å². The van der Waals surface area contributed by atoms with Gasteiger partial charge in [0.2, 0.25) is 5.91 Å². The lowest BCUT2D eigenvalue weighted by Gasteiger charge is -2.39. The minimum atomic E-state index is -0.566. The summed E-state index contributed by atoms with van der Waals surface area (Å²) in [6.45, 7) is 13.2. The van der Waals surface area contributed by atoms with E-state index in [2.05, 4.69) is 0 Å². The lowest BCUT2D eigenvalue weighted by Crippen LogP contribution is -2.51. The van der Waals surface area contributed by atoms with E-state index in [-0.39, 0.29) is 17.5 Å².